The Bertz CT molecular complexity index is 1410. The third-order valence-electron chi connectivity index (χ3n) is 7.70. The fourth-order valence-electron chi connectivity index (χ4n) is 6.01. The third kappa shape index (κ3) is 3.27. The zero-order chi connectivity index (χ0) is 23.7. The molecule has 2 saturated heterocycles. The van der Waals surface area contributed by atoms with Crippen LogP contribution in [0.15, 0.2) is 18.7 Å². The first kappa shape index (κ1) is 20.9. The Labute approximate surface area is 205 Å². The number of aromatic amines is 1. The van der Waals surface area contributed by atoms with Crippen molar-refractivity contribution in [2.24, 2.45) is 5.73 Å². The van der Waals surface area contributed by atoms with E-state index in [0.717, 1.165) is 70.9 Å². The van der Waals surface area contributed by atoms with Crippen molar-refractivity contribution in [1.29, 1.82) is 0 Å². The van der Waals surface area contributed by atoms with E-state index in [1.54, 1.807) is 15.9 Å². The lowest BCUT2D eigenvalue weighted by Gasteiger charge is -2.39. The van der Waals surface area contributed by atoms with E-state index < -0.39 is 0 Å². The average Bonchev–Trinajstić information content (AvgIpc) is 3.26. The van der Waals surface area contributed by atoms with E-state index in [2.05, 4.69) is 25.3 Å². The van der Waals surface area contributed by atoms with Crippen LogP contribution in [0, 0.1) is 0 Å². The fourth-order valence-corrected chi connectivity index (χ4v) is 6.82. The van der Waals surface area contributed by atoms with Gasteiger partial charge in [-0.1, -0.05) is 0 Å². The van der Waals surface area contributed by atoms with E-state index in [9.17, 15) is 4.79 Å². The Kier molecular flexibility index (Phi) is 4.68. The highest BCUT2D eigenvalue weighted by Gasteiger charge is 2.46. The highest BCUT2D eigenvalue weighted by atomic mass is 32.1. The molecule has 3 atom stereocenters. The molecule has 1 saturated carbocycles. The molecule has 2 aliphatic heterocycles. The van der Waals surface area contributed by atoms with Crippen LogP contribution in [0.3, 0.4) is 0 Å². The van der Waals surface area contributed by atoms with Gasteiger partial charge >= 0.3 is 0 Å². The van der Waals surface area contributed by atoms with Gasteiger partial charge in [0.2, 0.25) is 5.82 Å². The molecule has 4 aromatic rings. The van der Waals surface area contributed by atoms with Crippen LogP contribution < -0.4 is 11.5 Å². The number of aromatic nitrogens is 7. The zero-order valence-corrected chi connectivity index (χ0v) is 19.9. The van der Waals surface area contributed by atoms with Crippen LogP contribution in [0.4, 0.5) is 5.82 Å². The summed E-state index contributed by atoms with van der Waals surface area (Å²) < 4.78 is 1.78. The summed E-state index contributed by atoms with van der Waals surface area (Å²) in [6.45, 7) is 0.407. The molecule has 1 aliphatic carbocycles. The van der Waals surface area contributed by atoms with Gasteiger partial charge in [0, 0.05) is 36.3 Å². The largest absolute Gasteiger partial charge is 0.383 e. The predicted molar refractivity (Wildman–Crippen MR) is 130 cm³/mol. The number of rotatable bonds is 5. The van der Waals surface area contributed by atoms with Gasteiger partial charge in [0.05, 0.1) is 22.3 Å². The molecule has 12 heteroatoms. The fraction of sp³-hybridized carbons (Fsp3) is 0.478. The number of amides is 1. The number of H-pyrrole nitrogens is 1. The number of anilines is 1. The quantitative estimate of drug-likeness (QED) is 0.385. The molecule has 1 amide bonds. The van der Waals surface area contributed by atoms with Crippen LogP contribution in [0.25, 0.3) is 16.1 Å². The molecule has 4 aromatic heterocycles. The van der Waals surface area contributed by atoms with Gasteiger partial charge in [0.15, 0.2) is 5.65 Å². The number of hydrogen-bond acceptors (Lipinski definition) is 9. The standard InChI is InChI=1S/C23H26N10OS/c24-7-17-26-9-16(35-17)15-8-29-33-20(25)18(11-1-2-11)19(30-22(15)33)12-5-13-3-4-14(6-12)32(13)23(34)21-27-10-28-31-21/h8-14H,1-7,24-25H2,(H,27,28,31)/t12-,13+,14-. The van der Waals surface area contributed by atoms with Crippen molar-refractivity contribution in [2.75, 3.05) is 5.73 Å². The maximum absolute atomic E-state index is 13.1. The Morgan fingerprint density at radius 1 is 1.14 bits per heavy atom. The smallest absolute Gasteiger partial charge is 0.292 e. The number of hydrogen-bond donors (Lipinski definition) is 3. The number of nitrogens with zero attached hydrogens (tertiary/aromatic N) is 7. The summed E-state index contributed by atoms with van der Waals surface area (Å²) in [6.07, 6.45) is 11.1. The minimum absolute atomic E-state index is 0.0576. The molecule has 2 bridgehead atoms. The highest BCUT2D eigenvalue weighted by Crippen LogP contribution is 2.50. The Morgan fingerprint density at radius 3 is 2.60 bits per heavy atom. The van der Waals surface area contributed by atoms with Crippen LogP contribution in [-0.2, 0) is 6.54 Å². The number of thiazole rings is 1. The number of nitrogens with one attached hydrogen (secondary N) is 1. The molecule has 7 rings (SSSR count). The summed E-state index contributed by atoms with van der Waals surface area (Å²) in [5, 5.41) is 13.2. The first-order valence-corrected chi connectivity index (χ1v) is 12.9. The second kappa shape index (κ2) is 7.82. The van der Waals surface area contributed by atoms with Gasteiger partial charge in [-0.3, -0.25) is 4.79 Å². The molecule has 11 nitrogen and oxygen atoms in total. The highest BCUT2D eigenvalue weighted by molar-refractivity contribution is 7.15. The van der Waals surface area contributed by atoms with Crippen molar-refractivity contribution >= 4 is 28.7 Å². The maximum atomic E-state index is 13.1. The summed E-state index contributed by atoms with van der Waals surface area (Å²) in [5.74, 6) is 1.63. The van der Waals surface area contributed by atoms with Crippen molar-refractivity contribution in [3.63, 3.8) is 0 Å². The van der Waals surface area contributed by atoms with Gasteiger partial charge in [0.1, 0.15) is 17.2 Å². The van der Waals surface area contributed by atoms with E-state index >= 15 is 0 Å². The van der Waals surface area contributed by atoms with E-state index in [4.69, 9.17) is 16.5 Å². The molecule has 0 unspecified atom stereocenters. The SMILES string of the molecule is NCc1ncc(-c2cnn3c(N)c(C4CC4)c([C@H]4C[C@H]5CC[C@@H](C4)N5C(=O)c4nnc[nH]4)nc23)s1. The zero-order valence-electron chi connectivity index (χ0n) is 19.1. The topological polar surface area (TPSA) is 157 Å². The summed E-state index contributed by atoms with van der Waals surface area (Å²) in [5.41, 5.74) is 16.5. The van der Waals surface area contributed by atoms with Gasteiger partial charge < -0.3 is 21.4 Å². The minimum atomic E-state index is -0.0576. The lowest BCUT2D eigenvalue weighted by molar-refractivity contribution is 0.0557. The lowest BCUT2D eigenvalue weighted by Crippen LogP contribution is -2.46. The third-order valence-corrected chi connectivity index (χ3v) is 8.76. The number of nitrogens with two attached hydrogens (primary N) is 2. The molecular formula is C23H26N10OS. The maximum Gasteiger partial charge on any atom is 0.292 e. The second-order valence-electron chi connectivity index (χ2n) is 9.79. The number of carbonyl (C=O) groups is 1. The lowest BCUT2D eigenvalue weighted by atomic mass is 9.85. The van der Waals surface area contributed by atoms with Crippen LogP contribution in [-0.4, -0.2) is 57.7 Å². The van der Waals surface area contributed by atoms with Crippen LogP contribution >= 0.6 is 11.3 Å². The van der Waals surface area contributed by atoms with Gasteiger partial charge in [0.25, 0.3) is 5.91 Å². The van der Waals surface area contributed by atoms with Gasteiger partial charge in [-0.15, -0.1) is 21.5 Å². The summed E-state index contributed by atoms with van der Waals surface area (Å²) in [4.78, 5) is 28.6. The molecule has 6 heterocycles. The van der Waals surface area contributed by atoms with Gasteiger partial charge in [-0.05, 0) is 44.4 Å². The summed E-state index contributed by atoms with van der Waals surface area (Å²) >= 11 is 1.56. The van der Waals surface area contributed by atoms with Crippen molar-refractivity contribution < 1.29 is 4.79 Å². The van der Waals surface area contributed by atoms with Crippen molar-refractivity contribution in [3.05, 3.63) is 40.8 Å². The molecule has 35 heavy (non-hydrogen) atoms. The van der Waals surface area contributed by atoms with E-state index in [-0.39, 0.29) is 23.9 Å². The van der Waals surface area contributed by atoms with Crippen molar-refractivity contribution in [2.45, 2.75) is 69.0 Å². The molecular weight excluding hydrogens is 464 g/mol. The first-order valence-electron chi connectivity index (χ1n) is 12.1. The first-order chi connectivity index (χ1) is 17.1. The van der Waals surface area contributed by atoms with Crippen LogP contribution in [0.1, 0.15) is 77.2 Å². The number of nitrogen functional groups attached to an aromatic ring is 1. The van der Waals surface area contributed by atoms with Crippen LogP contribution in [0.2, 0.25) is 0 Å². The number of fused-ring (bicyclic) bond motifs is 3. The molecule has 180 valence electrons. The van der Waals surface area contributed by atoms with Gasteiger partial charge in [-0.2, -0.15) is 9.61 Å². The molecule has 0 radical (unpaired) electrons. The normalized spacial score (nSPS) is 23.9. The monoisotopic (exact) mass is 490 g/mol. The van der Waals surface area contributed by atoms with Crippen molar-refractivity contribution in [3.8, 4) is 10.4 Å². The molecule has 5 N–H and O–H groups in total. The van der Waals surface area contributed by atoms with Crippen LogP contribution in [0.5, 0.6) is 0 Å². The summed E-state index contributed by atoms with van der Waals surface area (Å²) in [6, 6.07) is 0.335. The summed E-state index contributed by atoms with van der Waals surface area (Å²) in [7, 11) is 0. The van der Waals surface area contributed by atoms with E-state index in [0.29, 0.717) is 24.1 Å². The van der Waals surface area contributed by atoms with E-state index in [1.807, 2.05) is 17.3 Å². The number of carbonyl (C=O) groups excluding carboxylic acids is 1. The molecule has 3 aliphatic rings. The molecule has 3 fully saturated rings. The van der Waals surface area contributed by atoms with Crippen molar-refractivity contribution in [1.82, 2.24) is 39.7 Å². The second-order valence-corrected chi connectivity index (χ2v) is 10.9. The Balaban J connectivity index is 1.28. The predicted octanol–water partition coefficient (Wildman–Crippen LogP) is 2.44. The average molecular weight is 491 g/mol. The molecule has 0 spiro atoms. The molecule has 0 aromatic carbocycles. The number of piperidine rings is 1. The van der Waals surface area contributed by atoms with E-state index in [1.165, 1.54) is 6.33 Å². The Hall–Kier alpha value is -3.38. The van der Waals surface area contributed by atoms with Gasteiger partial charge in [-0.25, -0.2) is 9.97 Å². The minimum Gasteiger partial charge on any atom is -0.383 e. The Morgan fingerprint density at radius 2 is 1.94 bits per heavy atom.